The Morgan fingerprint density at radius 2 is 2.06 bits per heavy atom. The third-order valence-corrected chi connectivity index (χ3v) is 4.14. The molecule has 0 radical (unpaired) electrons. The largest absolute Gasteiger partial charge is 0.373 e. The van der Waals surface area contributed by atoms with E-state index in [9.17, 15) is 0 Å². The van der Waals surface area contributed by atoms with E-state index in [-0.39, 0.29) is 0 Å². The van der Waals surface area contributed by atoms with E-state index < -0.39 is 0 Å². The molecule has 1 aliphatic heterocycles. The van der Waals surface area contributed by atoms with Gasteiger partial charge < -0.3 is 4.74 Å². The van der Waals surface area contributed by atoms with Crippen molar-refractivity contribution < 1.29 is 4.74 Å². The highest BCUT2D eigenvalue weighted by Gasteiger charge is 2.22. The fraction of sp³-hybridized carbons (Fsp3) is 0.769. The number of ether oxygens (including phenoxy) is 1. The Labute approximate surface area is 108 Å². The number of nitrogens with zero attached hydrogens (tertiary/aromatic N) is 2. The quantitative estimate of drug-likeness (QED) is 0.829. The maximum Gasteiger partial charge on any atom is 0.0954 e. The molecule has 1 aromatic heterocycles. The van der Waals surface area contributed by atoms with Gasteiger partial charge in [-0.25, -0.2) is 4.98 Å². The van der Waals surface area contributed by atoms with Crippen LogP contribution in [-0.2, 0) is 11.3 Å². The summed E-state index contributed by atoms with van der Waals surface area (Å²) in [7, 11) is 0. The summed E-state index contributed by atoms with van der Waals surface area (Å²) in [4.78, 5) is 7.13. The Morgan fingerprint density at radius 3 is 2.59 bits per heavy atom. The van der Waals surface area contributed by atoms with Crippen LogP contribution in [0.15, 0.2) is 5.38 Å². The first kappa shape index (κ1) is 13.0. The van der Waals surface area contributed by atoms with E-state index in [1.807, 2.05) is 0 Å². The third kappa shape index (κ3) is 3.50. The smallest absolute Gasteiger partial charge is 0.0954 e. The van der Waals surface area contributed by atoms with Crippen LogP contribution in [0, 0.1) is 0 Å². The predicted octanol–water partition coefficient (Wildman–Crippen LogP) is 2.88. The van der Waals surface area contributed by atoms with Crippen LogP contribution in [0.1, 0.15) is 44.3 Å². The summed E-state index contributed by atoms with van der Waals surface area (Å²) in [6.07, 6.45) is 0.670. The van der Waals surface area contributed by atoms with E-state index in [2.05, 4.69) is 43.0 Å². The van der Waals surface area contributed by atoms with Crippen LogP contribution in [0.5, 0.6) is 0 Å². The number of hydrogen-bond acceptors (Lipinski definition) is 4. The molecule has 0 bridgehead atoms. The second-order valence-corrected chi connectivity index (χ2v) is 6.17. The highest BCUT2D eigenvalue weighted by atomic mass is 32.1. The molecular formula is C13H22N2OS. The van der Waals surface area contributed by atoms with Crippen LogP contribution in [0.4, 0.5) is 0 Å². The van der Waals surface area contributed by atoms with E-state index in [4.69, 9.17) is 4.74 Å². The Balaban J connectivity index is 1.95. The van der Waals surface area contributed by atoms with Crippen LogP contribution in [-0.4, -0.2) is 35.2 Å². The molecule has 0 aromatic carbocycles. The van der Waals surface area contributed by atoms with E-state index >= 15 is 0 Å². The average Bonchev–Trinajstić information content (AvgIpc) is 2.64. The molecule has 0 spiro atoms. The zero-order valence-electron chi connectivity index (χ0n) is 11.1. The first-order valence-electron chi connectivity index (χ1n) is 6.36. The first-order valence-corrected chi connectivity index (χ1v) is 7.24. The van der Waals surface area contributed by atoms with Gasteiger partial charge in [0, 0.05) is 30.9 Å². The highest BCUT2D eigenvalue weighted by Crippen LogP contribution is 2.21. The molecule has 0 saturated carbocycles. The molecule has 17 heavy (non-hydrogen) atoms. The number of rotatable bonds is 3. The third-order valence-electron chi connectivity index (χ3n) is 2.94. The van der Waals surface area contributed by atoms with Crippen LogP contribution in [0.2, 0.25) is 0 Å². The van der Waals surface area contributed by atoms with Crippen LogP contribution < -0.4 is 0 Å². The van der Waals surface area contributed by atoms with Crippen molar-refractivity contribution in [3.8, 4) is 0 Å². The van der Waals surface area contributed by atoms with Crippen molar-refractivity contribution in [1.82, 2.24) is 9.88 Å². The lowest BCUT2D eigenvalue weighted by Gasteiger charge is -2.34. The molecule has 1 saturated heterocycles. The molecule has 2 rings (SSSR count). The second-order valence-electron chi connectivity index (χ2n) is 5.28. The number of aromatic nitrogens is 1. The molecule has 1 aliphatic rings. The number of hydrogen-bond donors (Lipinski definition) is 0. The Morgan fingerprint density at radius 1 is 1.41 bits per heavy atom. The topological polar surface area (TPSA) is 25.4 Å². The summed E-state index contributed by atoms with van der Waals surface area (Å²) < 4.78 is 5.74. The van der Waals surface area contributed by atoms with Crippen molar-refractivity contribution in [3.63, 3.8) is 0 Å². The molecule has 2 heterocycles. The predicted molar refractivity (Wildman–Crippen MR) is 71.5 cm³/mol. The van der Waals surface area contributed by atoms with Crippen LogP contribution >= 0.6 is 11.3 Å². The molecule has 3 nitrogen and oxygen atoms in total. The van der Waals surface area contributed by atoms with Gasteiger partial charge in [0.25, 0.3) is 0 Å². The van der Waals surface area contributed by atoms with Gasteiger partial charge in [-0.15, -0.1) is 11.3 Å². The number of morpholine rings is 1. The molecule has 2 atom stereocenters. The Hall–Kier alpha value is -0.450. The molecule has 2 unspecified atom stereocenters. The summed E-state index contributed by atoms with van der Waals surface area (Å²) >= 11 is 1.78. The van der Waals surface area contributed by atoms with Gasteiger partial charge in [-0.3, -0.25) is 4.90 Å². The van der Waals surface area contributed by atoms with Gasteiger partial charge in [-0.1, -0.05) is 13.8 Å². The lowest BCUT2D eigenvalue weighted by Crippen LogP contribution is -2.44. The van der Waals surface area contributed by atoms with Gasteiger partial charge in [0.15, 0.2) is 0 Å². The maximum atomic E-state index is 5.74. The van der Waals surface area contributed by atoms with Gasteiger partial charge in [0.2, 0.25) is 0 Å². The zero-order chi connectivity index (χ0) is 12.4. The summed E-state index contributed by atoms with van der Waals surface area (Å²) in [5.41, 5.74) is 1.21. The molecule has 0 aliphatic carbocycles. The van der Waals surface area contributed by atoms with Crippen molar-refractivity contribution in [2.75, 3.05) is 13.1 Å². The van der Waals surface area contributed by atoms with Gasteiger partial charge in [0.1, 0.15) is 0 Å². The van der Waals surface area contributed by atoms with Crippen molar-refractivity contribution >= 4 is 11.3 Å². The van der Waals surface area contributed by atoms with Gasteiger partial charge in [0.05, 0.1) is 22.9 Å². The Kier molecular flexibility index (Phi) is 4.17. The van der Waals surface area contributed by atoms with Crippen molar-refractivity contribution in [2.45, 2.75) is 52.4 Å². The van der Waals surface area contributed by atoms with Crippen LogP contribution in [0.25, 0.3) is 0 Å². The monoisotopic (exact) mass is 254 g/mol. The van der Waals surface area contributed by atoms with E-state index in [1.54, 1.807) is 11.3 Å². The second kappa shape index (κ2) is 5.46. The molecule has 1 aromatic rings. The molecule has 96 valence electrons. The summed E-state index contributed by atoms with van der Waals surface area (Å²) in [6, 6.07) is 0. The molecule has 0 amide bonds. The molecule has 0 N–H and O–H groups in total. The van der Waals surface area contributed by atoms with E-state index in [1.165, 1.54) is 10.7 Å². The number of thiazole rings is 1. The summed E-state index contributed by atoms with van der Waals surface area (Å²) in [5, 5.41) is 3.44. The fourth-order valence-corrected chi connectivity index (χ4v) is 3.13. The highest BCUT2D eigenvalue weighted by molar-refractivity contribution is 7.09. The van der Waals surface area contributed by atoms with E-state index in [0.717, 1.165) is 19.6 Å². The standard InChI is InChI=1S/C13H22N2OS/c1-9(2)13-14-12(8-17-13)7-15-5-10(3)16-11(4)6-15/h8-11H,5-7H2,1-4H3. The van der Waals surface area contributed by atoms with Crippen molar-refractivity contribution in [2.24, 2.45) is 0 Å². The molecular weight excluding hydrogens is 232 g/mol. The normalized spacial score (nSPS) is 26.6. The van der Waals surface area contributed by atoms with E-state index in [0.29, 0.717) is 18.1 Å². The van der Waals surface area contributed by atoms with Gasteiger partial charge >= 0.3 is 0 Å². The molecule has 1 fully saturated rings. The van der Waals surface area contributed by atoms with Crippen molar-refractivity contribution in [1.29, 1.82) is 0 Å². The average molecular weight is 254 g/mol. The summed E-state index contributed by atoms with van der Waals surface area (Å²) in [5.74, 6) is 0.538. The minimum absolute atomic E-state index is 0.335. The maximum absolute atomic E-state index is 5.74. The van der Waals surface area contributed by atoms with Gasteiger partial charge in [-0.05, 0) is 13.8 Å². The zero-order valence-corrected chi connectivity index (χ0v) is 12.0. The van der Waals surface area contributed by atoms with Crippen LogP contribution in [0.3, 0.4) is 0 Å². The van der Waals surface area contributed by atoms with Gasteiger partial charge in [-0.2, -0.15) is 0 Å². The molecule has 4 heteroatoms. The summed E-state index contributed by atoms with van der Waals surface area (Å²) in [6.45, 7) is 11.7. The Bertz CT molecular complexity index is 354. The minimum Gasteiger partial charge on any atom is -0.373 e. The SMILES string of the molecule is CC1CN(Cc2csc(C(C)C)n2)CC(C)O1. The lowest BCUT2D eigenvalue weighted by atomic mass is 10.2. The lowest BCUT2D eigenvalue weighted by molar-refractivity contribution is -0.0707. The minimum atomic E-state index is 0.335. The van der Waals surface area contributed by atoms with Crippen molar-refractivity contribution in [3.05, 3.63) is 16.1 Å². The fourth-order valence-electron chi connectivity index (χ4n) is 2.30. The first-order chi connectivity index (χ1) is 8.04.